The second-order valence-corrected chi connectivity index (χ2v) is 4.47. The molecule has 4 nitrogen and oxygen atoms in total. The molecule has 0 aromatic heterocycles. The van der Waals surface area contributed by atoms with E-state index in [4.69, 9.17) is 10.5 Å². The molecule has 0 spiro atoms. The molecule has 0 radical (unpaired) electrons. The maximum absolute atomic E-state index is 12.4. The molecule has 4 heteroatoms. The lowest BCUT2D eigenvalue weighted by molar-refractivity contribution is 0.0992. The fourth-order valence-electron chi connectivity index (χ4n) is 1.92. The Bertz CT molecular complexity index is 594. The van der Waals surface area contributed by atoms with Gasteiger partial charge in [-0.15, -0.1) is 0 Å². The number of hydrogen-bond donors (Lipinski definition) is 1. The molecule has 0 saturated carbocycles. The molecule has 2 aromatic rings. The summed E-state index contributed by atoms with van der Waals surface area (Å²) in [6, 6.07) is 14.7. The lowest BCUT2D eigenvalue weighted by Gasteiger charge is -2.18. The van der Waals surface area contributed by atoms with Crippen molar-refractivity contribution >= 4 is 11.6 Å². The standard InChI is InChI=1S/C16H18N2O2/c1-18(14-8-6-12(11-17)7-9-14)16(19)13-4-3-5-15(10-13)20-2/h3-10H,11,17H2,1-2H3. The Kier molecular flexibility index (Phi) is 4.38. The predicted molar refractivity (Wildman–Crippen MR) is 80.1 cm³/mol. The third-order valence-electron chi connectivity index (χ3n) is 3.18. The van der Waals surface area contributed by atoms with Crippen LogP contribution in [0.3, 0.4) is 0 Å². The first kappa shape index (κ1) is 14.1. The summed E-state index contributed by atoms with van der Waals surface area (Å²) in [5.41, 5.74) is 8.02. The van der Waals surface area contributed by atoms with Crippen LogP contribution < -0.4 is 15.4 Å². The maximum atomic E-state index is 12.4. The summed E-state index contributed by atoms with van der Waals surface area (Å²) in [4.78, 5) is 14.0. The zero-order chi connectivity index (χ0) is 14.5. The van der Waals surface area contributed by atoms with Gasteiger partial charge in [-0.2, -0.15) is 0 Å². The monoisotopic (exact) mass is 270 g/mol. The van der Waals surface area contributed by atoms with Crippen molar-refractivity contribution < 1.29 is 9.53 Å². The molecular formula is C16H18N2O2. The molecule has 0 aliphatic carbocycles. The lowest BCUT2D eigenvalue weighted by atomic mass is 10.1. The number of ether oxygens (including phenoxy) is 1. The van der Waals surface area contributed by atoms with Crippen LogP contribution in [0.25, 0.3) is 0 Å². The number of rotatable bonds is 4. The lowest BCUT2D eigenvalue weighted by Crippen LogP contribution is -2.26. The van der Waals surface area contributed by atoms with E-state index in [0.717, 1.165) is 11.3 Å². The zero-order valence-electron chi connectivity index (χ0n) is 11.7. The molecule has 0 aliphatic heterocycles. The number of benzene rings is 2. The van der Waals surface area contributed by atoms with Crippen LogP contribution in [0, 0.1) is 0 Å². The fraction of sp³-hybridized carbons (Fsp3) is 0.188. The molecule has 0 saturated heterocycles. The van der Waals surface area contributed by atoms with Crippen LogP contribution in [0.2, 0.25) is 0 Å². The normalized spacial score (nSPS) is 10.2. The van der Waals surface area contributed by atoms with E-state index >= 15 is 0 Å². The van der Waals surface area contributed by atoms with Gasteiger partial charge in [0.05, 0.1) is 7.11 Å². The van der Waals surface area contributed by atoms with Gasteiger partial charge in [-0.05, 0) is 35.9 Å². The van der Waals surface area contributed by atoms with Crippen molar-refractivity contribution in [3.63, 3.8) is 0 Å². The van der Waals surface area contributed by atoms with Gasteiger partial charge < -0.3 is 15.4 Å². The second-order valence-electron chi connectivity index (χ2n) is 4.47. The highest BCUT2D eigenvalue weighted by Gasteiger charge is 2.13. The average molecular weight is 270 g/mol. The van der Waals surface area contributed by atoms with Crippen LogP contribution in [0.15, 0.2) is 48.5 Å². The highest BCUT2D eigenvalue weighted by Crippen LogP contribution is 2.19. The first-order valence-corrected chi connectivity index (χ1v) is 6.37. The van der Waals surface area contributed by atoms with Crippen molar-refractivity contribution in [2.45, 2.75) is 6.54 Å². The van der Waals surface area contributed by atoms with E-state index in [-0.39, 0.29) is 5.91 Å². The van der Waals surface area contributed by atoms with Crippen LogP contribution >= 0.6 is 0 Å². The molecule has 104 valence electrons. The number of methoxy groups -OCH3 is 1. The molecule has 2 rings (SSSR count). The molecule has 0 unspecified atom stereocenters. The van der Waals surface area contributed by atoms with Gasteiger partial charge in [-0.3, -0.25) is 4.79 Å². The van der Waals surface area contributed by atoms with Crippen LogP contribution in [0.1, 0.15) is 15.9 Å². The summed E-state index contributed by atoms with van der Waals surface area (Å²) in [5, 5.41) is 0. The van der Waals surface area contributed by atoms with Crippen LogP contribution in [0.5, 0.6) is 5.75 Å². The molecule has 0 atom stereocenters. The Morgan fingerprint density at radius 3 is 2.50 bits per heavy atom. The molecular weight excluding hydrogens is 252 g/mol. The van der Waals surface area contributed by atoms with Gasteiger partial charge in [0, 0.05) is 24.8 Å². The van der Waals surface area contributed by atoms with E-state index in [0.29, 0.717) is 17.9 Å². The number of hydrogen-bond acceptors (Lipinski definition) is 3. The Hall–Kier alpha value is -2.33. The molecule has 0 heterocycles. The second kappa shape index (κ2) is 6.21. The van der Waals surface area contributed by atoms with E-state index in [1.807, 2.05) is 30.3 Å². The Morgan fingerprint density at radius 1 is 1.20 bits per heavy atom. The molecule has 2 aromatic carbocycles. The van der Waals surface area contributed by atoms with Crippen LogP contribution in [0.4, 0.5) is 5.69 Å². The minimum atomic E-state index is -0.0793. The number of nitrogens with two attached hydrogens (primary N) is 1. The summed E-state index contributed by atoms with van der Waals surface area (Å²) in [5.74, 6) is 0.590. The van der Waals surface area contributed by atoms with Crippen molar-refractivity contribution in [2.75, 3.05) is 19.1 Å². The van der Waals surface area contributed by atoms with E-state index < -0.39 is 0 Å². The highest BCUT2D eigenvalue weighted by molar-refractivity contribution is 6.05. The molecule has 0 bridgehead atoms. The van der Waals surface area contributed by atoms with E-state index in [1.165, 1.54) is 0 Å². The third-order valence-corrected chi connectivity index (χ3v) is 3.18. The van der Waals surface area contributed by atoms with Crippen molar-refractivity contribution in [1.82, 2.24) is 0 Å². The van der Waals surface area contributed by atoms with Gasteiger partial charge in [0.25, 0.3) is 5.91 Å². The smallest absolute Gasteiger partial charge is 0.258 e. The number of carbonyl (C=O) groups is 1. The Balaban J connectivity index is 2.22. The van der Waals surface area contributed by atoms with E-state index in [9.17, 15) is 4.79 Å². The van der Waals surface area contributed by atoms with Gasteiger partial charge in [-0.25, -0.2) is 0 Å². The highest BCUT2D eigenvalue weighted by atomic mass is 16.5. The average Bonchev–Trinajstić information content (AvgIpc) is 2.53. The quantitative estimate of drug-likeness (QED) is 0.928. The maximum Gasteiger partial charge on any atom is 0.258 e. The van der Waals surface area contributed by atoms with E-state index in [1.54, 1.807) is 37.3 Å². The number of nitrogens with zero attached hydrogens (tertiary/aromatic N) is 1. The van der Waals surface area contributed by atoms with Crippen LogP contribution in [-0.4, -0.2) is 20.1 Å². The molecule has 2 N–H and O–H groups in total. The van der Waals surface area contributed by atoms with Gasteiger partial charge in [0.2, 0.25) is 0 Å². The molecule has 0 fully saturated rings. The van der Waals surface area contributed by atoms with Gasteiger partial charge in [0.1, 0.15) is 5.75 Å². The van der Waals surface area contributed by atoms with Gasteiger partial charge >= 0.3 is 0 Å². The third kappa shape index (κ3) is 2.97. The predicted octanol–water partition coefficient (Wildman–Crippen LogP) is 2.43. The van der Waals surface area contributed by atoms with Crippen LogP contribution in [-0.2, 0) is 6.54 Å². The van der Waals surface area contributed by atoms with Crippen molar-refractivity contribution in [3.8, 4) is 5.75 Å². The largest absolute Gasteiger partial charge is 0.497 e. The minimum Gasteiger partial charge on any atom is -0.497 e. The summed E-state index contributed by atoms with van der Waals surface area (Å²) in [7, 11) is 3.33. The van der Waals surface area contributed by atoms with Crippen molar-refractivity contribution in [1.29, 1.82) is 0 Å². The SMILES string of the molecule is COc1cccc(C(=O)N(C)c2ccc(CN)cc2)c1. The number of carbonyl (C=O) groups excluding carboxylic acids is 1. The summed E-state index contributed by atoms with van der Waals surface area (Å²) in [6.45, 7) is 0.494. The Labute approximate surface area is 118 Å². The molecule has 1 amide bonds. The topological polar surface area (TPSA) is 55.6 Å². The Morgan fingerprint density at radius 2 is 1.90 bits per heavy atom. The summed E-state index contributed by atoms with van der Waals surface area (Å²) in [6.07, 6.45) is 0. The van der Waals surface area contributed by atoms with Gasteiger partial charge in [-0.1, -0.05) is 18.2 Å². The van der Waals surface area contributed by atoms with E-state index in [2.05, 4.69) is 0 Å². The van der Waals surface area contributed by atoms with Crippen molar-refractivity contribution in [3.05, 3.63) is 59.7 Å². The first-order valence-electron chi connectivity index (χ1n) is 6.37. The zero-order valence-corrected chi connectivity index (χ0v) is 11.7. The van der Waals surface area contributed by atoms with Gasteiger partial charge in [0.15, 0.2) is 0 Å². The number of amides is 1. The molecule has 0 aliphatic rings. The van der Waals surface area contributed by atoms with Crippen molar-refractivity contribution in [2.24, 2.45) is 5.73 Å². The summed E-state index contributed by atoms with van der Waals surface area (Å²) < 4.78 is 5.14. The minimum absolute atomic E-state index is 0.0793. The fourth-order valence-corrected chi connectivity index (χ4v) is 1.92. The summed E-state index contributed by atoms with van der Waals surface area (Å²) >= 11 is 0. The number of anilines is 1. The first-order chi connectivity index (χ1) is 9.65. The molecule has 20 heavy (non-hydrogen) atoms.